The van der Waals surface area contributed by atoms with E-state index in [-0.39, 0.29) is 10.8 Å². The number of aromatic nitrogens is 2. The maximum atomic E-state index is 11.4. The van der Waals surface area contributed by atoms with Gasteiger partial charge in [0.05, 0.1) is 17.1 Å². The van der Waals surface area contributed by atoms with Crippen molar-refractivity contribution in [1.82, 2.24) is 10.1 Å². The molecule has 2 N–H and O–H groups in total. The van der Waals surface area contributed by atoms with Crippen LogP contribution in [0.4, 0.5) is 0 Å². The molecule has 0 unspecified atom stereocenters. The van der Waals surface area contributed by atoms with E-state index in [0.29, 0.717) is 23.7 Å². The van der Waals surface area contributed by atoms with Crippen LogP contribution in [-0.2, 0) is 10.0 Å². The van der Waals surface area contributed by atoms with Crippen molar-refractivity contribution in [3.63, 3.8) is 0 Å². The standard InChI is InChI=1S/C11H13N3O4S/c1-3-17-10-5-4-8(19(12,15)16)6-9(10)11-13-7(2)14-18-11/h4-6H,3H2,1-2H3,(H2,12,15,16). The van der Waals surface area contributed by atoms with Gasteiger partial charge in [-0.1, -0.05) is 5.16 Å². The molecule has 0 atom stereocenters. The summed E-state index contributed by atoms with van der Waals surface area (Å²) in [4.78, 5) is 4.01. The Hall–Kier alpha value is -1.93. The highest BCUT2D eigenvalue weighted by Gasteiger charge is 2.17. The van der Waals surface area contributed by atoms with Crippen LogP contribution in [0.2, 0.25) is 0 Å². The number of sulfonamides is 1. The molecule has 0 amide bonds. The Morgan fingerprint density at radius 1 is 1.42 bits per heavy atom. The third-order valence-electron chi connectivity index (χ3n) is 2.34. The second-order valence-electron chi connectivity index (χ2n) is 3.78. The number of nitrogens with zero attached hydrogens (tertiary/aromatic N) is 2. The number of hydrogen-bond acceptors (Lipinski definition) is 6. The van der Waals surface area contributed by atoms with E-state index in [9.17, 15) is 8.42 Å². The Morgan fingerprint density at radius 2 is 2.16 bits per heavy atom. The SMILES string of the molecule is CCOc1ccc(S(N)(=O)=O)cc1-c1nc(C)no1. The van der Waals surface area contributed by atoms with E-state index in [0.717, 1.165) is 0 Å². The van der Waals surface area contributed by atoms with Crippen LogP contribution in [0.15, 0.2) is 27.6 Å². The van der Waals surface area contributed by atoms with Crippen LogP contribution in [0, 0.1) is 6.92 Å². The Bertz CT molecular complexity index is 694. The Kier molecular flexibility index (Phi) is 3.54. The fraction of sp³-hybridized carbons (Fsp3) is 0.273. The van der Waals surface area contributed by atoms with Crippen LogP contribution in [-0.4, -0.2) is 25.2 Å². The highest BCUT2D eigenvalue weighted by atomic mass is 32.2. The summed E-state index contributed by atoms with van der Waals surface area (Å²) in [5, 5.41) is 8.76. The summed E-state index contributed by atoms with van der Waals surface area (Å²) in [5.41, 5.74) is 0.397. The summed E-state index contributed by atoms with van der Waals surface area (Å²) >= 11 is 0. The molecule has 0 saturated heterocycles. The van der Waals surface area contributed by atoms with Gasteiger partial charge in [0.2, 0.25) is 10.0 Å². The second kappa shape index (κ2) is 4.98. The first-order chi connectivity index (χ1) is 8.91. The molecular weight excluding hydrogens is 270 g/mol. The first-order valence-corrected chi connectivity index (χ1v) is 7.06. The largest absolute Gasteiger partial charge is 0.493 e. The van der Waals surface area contributed by atoms with Crippen molar-refractivity contribution in [2.24, 2.45) is 5.14 Å². The lowest BCUT2D eigenvalue weighted by atomic mass is 10.2. The molecule has 0 aliphatic heterocycles. The molecule has 2 aromatic rings. The molecule has 0 bridgehead atoms. The molecule has 1 heterocycles. The maximum Gasteiger partial charge on any atom is 0.261 e. The van der Waals surface area contributed by atoms with Gasteiger partial charge in [-0.3, -0.25) is 0 Å². The van der Waals surface area contributed by atoms with Gasteiger partial charge >= 0.3 is 0 Å². The van der Waals surface area contributed by atoms with E-state index in [1.165, 1.54) is 18.2 Å². The zero-order valence-electron chi connectivity index (χ0n) is 10.5. The lowest BCUT2D eigenvalue weighted by molar-refractivity contribution is 0.339. The van der Waals surface area contributed by atoms with Gasteiger partial charge in [-0.25, -0.2) is 13.6 Å². The molecule has 102 valence electrons. The monoisotopic (exact) mass is 283 g/mol. The van der Waals surface area contributed by atoms with Gasteiger partial charge in [0, 0.05) is 0 Å². The molecule has 0 aliphatic rings. The minimum atomic E-state index is -3.80. The normalized spacial score (nSPS) is 11.5. The molecule has 0 spiro atoms. The third-order valence-corrected chi connectivity index (χ3v) is 3.25. The van der Waals surface area contributed by atoms with Crippen LogP contribution in [0.1, 0.15) is 12.7 Å². The topological polar surface area (TPSA) is 108 Å². The molecule has 19 heavy (non-hydrogen) atoms. The number of hydrogen-bond donors (Lipinski definition) is 1. The molecule has 0 saturated carbocycles. The fourth-order valence-corrected chi connectivity index (χ4v) is 2.08. The fourth-order valence-electron chi connectivity index (χ4n) is 1.54. The molecule has 0 aliphatic carbocycles. The van der Waals surface area contributed by atoms with Crippen molar-refractivity contribution in [2.75, 3.05) is 6.61 Å². The lowest BCUT2D eigenvalue weighted by Crippen LogP contribution is -2.12. The second-order valence-corrected chi connectivity index (χ2v) is 5.34. The maximum absolute atomic E-state index is 11.4. The van der Waals surface area contributed by atoms with Crippen LogP contribution < -0.4 is 9.88 Å². The summed E-state index contributed by atoms with van der Waals surface area (Å²) in [6.07, 6.45) is 0. The van der Waals surface area contributed by atoms with Crippen molar-refractivity contribution in [3.8, 4) is 17.2 Å². The lowest BCUT2D eigenvalue weighted by Gasteiger charge is -2.08. The number of primary sulfonamides is 1. The summed E-state index contributed by atoms with van der Waals surface area (Å²) in [5.74, 6) is 1.09. The molecule has 8 heteroatoms. The number of rotatable bonds is 4. The summed E-state index contributed by atoms with van der Waals surface area (Å²) in [6.45, 7) is 3.90. The van der Waals surface area contributed by atoms with Gasteiger partial charge in [0.15, 0.2) is 5.82 Å². The van der Waals surface area contributed by atoms with Crippen molar-refractivity contribution in [1.29, 1.82) is 0 Å². The molecule has 0 fully saturated rings. The summed E-state index contributed by atoms with van der Waals surface area (Å²) < 4.78 is 33.2. The van der Waals surface area contributed by atoms with E-state index in [1.54, 1.807) is 6.92 Å². The highest BCUT2D eigenvalue weighted by Crippen LogP contribution is 2.31. The van der Waals surface area contributed by atoms with Crippen molar-refractivity contribution >= 4 is 10.0 Å². The number of nitrogens with two attached hydrogens (primary N) is 1. The van der Waals surface area contributed by atoms with Gasteiger partial charge in [0.25, 0.3) is 5.89 Å². The molecule has 7 nitrogen and oxygen atoms in total. The number of aryl methyl sites for hydroxylation is 1. The van der Waals surface area contributed by atoms with Gasteiger partial charge < -0.3 is 9.26 Å². The van der Waals surface area contributed by atoms with E-state index in [4.69, 9.17) is 14.4 Å². The summed E-state index contributed by atoms with van der Waals surface area (Å²) in [6, 6.07) is 4.23. The third kappa shape index (κ3) is 2.91. The predicted octanol–water partition coefficient (Wildman–Crippen LogP) is 1.09. The van der Waals surface area contributed by atoms with E-state index in [2.05, 4.69) is 10.1 Å². The van der Waals surface area contributed by atoms with Crippen LogP contribution in [0.25, 0.3) is 11.5 Å². The van der Waals surface area contributed by atoms with Crippen molar-refractivity contribution < 1.29 is 17.7 Å². The first-order valence-electron chi connectivity index (χ1n) is 5.52. The van der Waals surface area contributed by atoms with Crippen LogP contribution in [0.3, 0.4) is 0 Å². The van der Waals surface area contributed by atoms with Crippen molar-refractivity contribution in [3.05, 3.63) is 24.0 Å². The smallest absolute Gasteiger partial charge is 0.261 e. The minimum Gasteiger partial charge on any atom is -0.493 e. The van der Waals surface area contributed by atoms with Gasteiger partial charge in [-0.2, -0.15) is 4.98 Å². The van der Waals surface area contributed by atoms with Crippen LogP contribution >= 0.6 is 0 Å². The molecule has 1 aromatic heterocycles. The molecular formula is C11H13N3O4S. The van der Waals surface area contributed by atoms with Gasteiger partial charge in [0.1, 0.15) is 5.75 Å². The quantitative estimate of drug-likeness (QED) is 0.899. The van der Waals surface area contributed by atoms with Crippen molar-refractivity contribution in [2.45, 2.75) is 18.7 Å². The minimum absolute atomic E-state index is 0.0400. The average molecular weight is 283 g/mol. The average Bonchev–Trinajstić information content (AvgIpc) is 2.75. The van der Waals surface area contributed by atoms with Gasteiger partial charge in [-0.05, 0) is 32.0 Å². The highest BCUT2D eigenvalue weighted by molar-refractivity contribution is 7.89. The van der Waals surface area contributed by atoms with E-state index in [1.807, 2.05) is 6.92 Å². The molecule has 1 aromatic carbocycles. The molecule has 2 rings (SSSR count). The Balaban J connectivity index is 2.60. The zero-order chi connectivity index (χ0) is 14.0. The van der Waals surface area contributed by atoms with E-state index < -0.39 is 10.0 Å². The summed E-state index contributed by atoms with van der Waals surface area (Å²) in [7, 11) is -3.80. The molecule has 0 radical (unpaired) electrons. The van der Waals surface area contributed by atoms with E-state index >= 15 is 0 Å². The van der Waals surface area contributed by atoms with Crippen LogP contribution in [0.5, 0.6) is 5.75 Å². The number of ether oxygens (including phenoxy) is 1. The Labute approximate surface area is 110 Å². The first kappa shape index (κ1) is 13.5. The Morgan fingerprint density at radius 3 is 2.68 bits per heavy atom. The number of benzene rings is 1. The zero-order valence-corrected chi connectivity index (χ0v) is 11.3. The van der Waals surface area contributed by atoms with Gasteiger partial charge in [-0.15, -0.1) is 0 Å². The predicted molar refractivity (Wildman–Crippen MR) is 67.0 cm³/mol.